The van der Waals surface area contributed by atoms with Crippen molar-refractivity contribution < 1.29 is 19.5 Å². The van der Waals surface area contributed by atoms with E-state index in [2.05, 4.69) is 5.32 Å². The number of carbonyl (C=O) groups is 3. The summed E-state index contributed by atoms with van der Waals surface area (Å²) in [4.78, 5) is 35.3. The van der Waals surface area contributed by atoms with Crippen LogP contribution in [0.3, 0.4) is 0 Å². The van der Waals surface area contributed by atoms with E-state index in [4.69, 9.17) is 5.11 Å². The molecule has 2 N–H and O–H groups in total. The molecule has 108 valence electrons. The predicted molar refractivity (Wildman–Crippen MR) is 69.5 cm³/mol. The Hall–Kier alpha value is -1.59. The lowest BCUT2D eigenvalue weighted by atomic mass is 10.2. The zero-order valence-electron chi connectivity index (χ0n) is 11.2. The second kappa shape index (κ2) is 8.50. The fourth-order valence-electron chi connectivity index (χ4n) is 2.10. The van der Waals surface area contributed by atoms with Gasteiger partial charge in [-0.1, -0.05) is 12.8 Å². The number of amides is 2. The highest BCUT2D eigenvalue weighted by atomic mass is 16.4. The second-order valence-corrected chi connectivity index (χ2v) is 4.79. The standard InChI is InChI=1S/C13H22N2O4/c16-11(5-6-13(18)19)14-8-7-12(17)15-9-3-1-2-4-10-15/h1-10H2,(H,14,16)(H,18,19). The lowest BCUT2D eigenvalue weighted by Crippen LogP contribution is -2.35. The molecular formula is C13H22N2O4. The summed E-state index contributed by atoms with van der Waals surface area (Å²) < 4.78 is 0. The summed E-state index contributed by atoms with van der Waals surface area (Å²) in [5.41, 5.74) is 0. The molecule has 0 aliphatic carbocycles. The van der Waals surface area contributed by atoms with Crippen LogP contribution in [0, 0.1) is 0 Å². The molecule has 1 rings (SSSR count). The van der Waals surface area contributed by atoms with Gasteiger partial charge < -0.3 is 15.3 Å². The van der Waals surface area contributed by atoms with Gasteiger partial charge in [0.1, 0.15) is 0 Å². The first-order valence-corrected chi connectivity index (χ1v) is 6.86. The summed E-state index contributed by atoms with van der Waals surface area (Å²) in [6, 6.07) is 0. The van der Waals surface area contributed by atoms with E-state index in [9.17, 15) is 14.4 Å². The van der Waals surface area contributed by atoms with Crippen molar-refractivity contribution in [3.8, 4) is 0 Å². The van der Waals surface area contributed by atoms with Crippen LogP contribution in [-0.4, -0.2) is 47.4 Å². The van der Waals surface area contributed by atoms with E-state index in [1.54, 1.807) is 0 Å². The van der Waals surface area contributed by atoms with Gasteiger partial charge in [0.15, 0.2) is 0 Å². The fraction of sp³-hybridized carbons (Fsp3) is 0.769. The molecule has 1 heterocycles. The molecule has 1 saturated heterocycles. The molecule has 0 aromatic heterocycles. The Morgan fingerprint density at radius 1 is 0.947 bits per heavy atom. The van der Waals surface area contributed by atoms with E-state index in [0.717, 1.165) is 25.9 Å². The highest BCUT2D eigenvalue weighted by Gasteiger charge is 2.15. The Morgan fingerprint density at radius 3 is 2.16 bits per heavy atom. The highest BCUT2D eigenvalue weighted by molar-refractivity contribution is 5.81. The van der Waals surface area contributed by atoms with Crippen molar-refractivity contribution in [2.75, 3.05) is 19.6 Å². The minimum atomic E-state index is -0.990. The summed E-state index contributed by atoms with van der Waals surface area (Å²) in [5, 5.41) is 11.0. The van der Waals surface area contributed by atoms with E-state index in [0.29, 0.717) is 6.42 Å². The number of carboxylic acids is 1. The molecule has 0 radical (unpaired) electrons. The number of nitrogens with zero attached hydrogens (tertiary/aromatic N) is 1. The number of hydrogen-bond acceptors (Lipinski definition) is 3. The number of carbonyl (C=O) groups excluding carboxylic acids is 2. The van der Waals surface area contributed by atoms with Crippen molar-refractivity contribution in [1.29, 1.82) is 0 Å². The first-order valence-electron chi connectivity index (χ1n) is 6.86. The molecular weight excluding hydrogens is 248 g/mol. The molecule has 1 aliphatic heterocycles. The molecule has 0 bridgehead atoms. The quantitative estimate of drug-likeness (QED) is 0.746. The first-order chi connectivity index (χ1) is 9.09. The molecule has 1 fully saturated rings. The van der Waals surface area contributed by atoms with Gasteiger partial charge in [-0.2, -0.15) is 0 Å². The van der Waals surface area contributed by atoms with Gasteiger partial charge in [0.25, 0.3) is 0 Å². The average Bonchev–Trinajstić information content (AvgIpc) is 2.65. The van der Waals surface area contributed by atoms with Crippen LogP contribution >= 0.6 is 0 Å². The third-order valence-electron chi connectivity index (χ3n) is 3.19. The van der Waals surface area contributed by atoms with Crippen molar-refractivity contribution in [1.82, 2.24) is 10.2 Å². The van der Waals surface area contributed by atoms with Crippen molar-refractivity contribution in [2.24, 2.45) is 0 Å². The van der Waals surface area contributed by atoms with Crippen molar-refractivity contribution in [3.63, 3.8) is 0 Å². The highest BCUT2D eigenvalue weighted by Crippen LogP contribution is 2.10. The normalized spacial score (nSPS) is 15.7. The smallest absolute Gasteiger partial charge is 0.303 e. The first kappa shape index (κ1) is 15.5. The van der Waals surface area contributed by atoms with Crippen molar-refractivity contribution in [3.05, 3.63) is 0 Å². The van der Waals surface area contributed by atoms with Gasteiger partial charge in [-0.3, -0.25) is 14.4 Å². The monoisotopic (exact) mass is 270 g/mol. The zero-order chi connectivity index (χ0) is 14.1. The molecule has 6 heteroatoms. The summed E-state index contributed by atoms with van der Waals surface area (Å²) in [5.74, 6) is -1.23. The number of carboxylic acid groups (broad SMARTS) is 1. The number of aliphatic carboxylic acids is 1. The van der Waals surface area contributed by atoms with Crippen LogP contribution in [-0.2, 0) is 14.4 Å². The Morgan fingerprint density at radius 2 is 1.58 bits per heavy atom. The van der Waals surface area contributed by atoms with Gasteiger partial charge in [-0.25, -0.2) is 0 Å². The van der Waals surface area contributed by atoms with Gasteiger partial charge in [0.2, 0.25) is 11.8 Å². The third kappa shape index (κ3) is 6.79. The summed E-state index contributed by atoms with van der Waals surface area (Å²) in [7, 11) is 0. The van der Waals surface area contributed by atoms with Crippen LogP contribution in [0.2, 0.25) is 0 Å². The largest absolute Gasteiger partial charge is 0.481 e. The Balaban J connectivity index is 2.15. The second-order valence-electron chi connectivity index (χ2n) is 4.79. The van der Waals surface area contributed by atoms with E-state index in [1.165, 1.54) is 12.8 Å². The maximum Gasteiger partial charge on any atom is 0.303 e. The molecule has 0 aromatic rings. The molecule has 0 spiro atoms. The molecule has 6 nitrogen and oxygen atoms in total. The molecule has 0 aromatic carbocycles. The lowest BCUT2D eigenvalue weighted by Gasteiger charge is -2.20. The Kier molecular flexibility index (Phi) is 6.92. The van der Waals surface area contributed by atoms with Crippen LogP contribution in [0.1, 0.15) is 44.9 Å². The number of rotatable bonds is 6. The molecule has 1 aliphatic rings. The van der Waals surface area contributed by atoms with E-state index in [1.807, 2.05) is 4.90 Å². The molecule has 2 amide bonds. The number of likely N-dealkylation sites (tertiary alicyclic amines) is 1. The van der Waals surface area contributed by atoms with Crippen molar-refractivity contribution >= 4 is 17.8 Å². The lowest BCUT2D eigenvalue weighted by molar-refractivity contribution is -0.139. The summed E-state index contributed by atoms with van der Waals surface area (Å²) in [6.45, 7) is 1.91. The summed E-state index contributed by atoms with van der Waals surface area (Å²) >= 11 is 0. The van der Waals surface area contributed by atoms with Gasteiger partial charge in [0.05, 0.1) is 6.42 Å². The SMILES string of the molecule is O=C(O)CCC(=O)NCCC(=O)N1CCCCCC1. The topological polar surface area (TPSA) is 86.7 Å². The van der Waals surface area contributed by atoms with Gasteiger partial charge in [-0.15, -0.1) is 0 Å². The fourth-order valence-corrected chi connectivity index (χ4v) is 2.10. The van der Waals surface area contributed by atoms with Crippen LogP contribution in [0.15, 0.2) is 0 Å². The number of nitrogens with one attached hydrogen (secondary N) is 1. The predicted octanol–water partition coefficient (Wildman–Crippen LogP) is 0.760. The van der Waals surface area contributed by atoms with Crippen LogP contribution in [0.5, 0.6) is 0 Å². The Bertz CT molecular complexity index is 323. The molecule has 19 heavy (non-hydrogen) atoms. The average molecular weight is 270 g/mol. The summed E-state index contributed by atoms with van der Waals surface area (Å²) in [6.07, 6.45) is 4.54. The van der Waals surface area contributed by atoms with Crippen LogP contribution in [0.4, 0.5) is 0 Å². The molecule has 0 atom stereocenters. The Labute approximate surface area is 113 Å². The van der Waals surface area contributed by atoms with Crippen LogP contribution in [0.25, 0.3) is 0 Å². The van der Waals surface area contributed by atoms with Gasteiger partial charge in [0, 0.05) is 32.5 Å². The van der Waals surface area contributed by atoms with Crippen LogP contribution < -0.4 is 5.32 Å². The van der Waals surface area contributed by atoms with E-state index >= 15 is 0 Å². The molecule has 0 unspecified atom stereocenters. The van der Waals surface area contributed by atoms with Gasteiger partial charge >= 0.3 is 5.97 Å². The maximum absolute atomic E-state index is 11.9. The minimum Gasteiger partial charge on any atom is -0.481 e. The van der Waals surface area contributed by atoms with Crippen molar-refractivity contribution in [2.45, 2.75) is 44.9 Å². The van der Waals surface area contributed by atoms with E-state index in [-0.39, 0.29) is 31.2 Å². The molecule has 0 saturated carbocycles. The third-order valence-corrected chi connectivity index (χ3v) is 3.19. The minimum absolute atomic E-state index is 0.0345. The zero-order valence-corrected chi connectivity index (χ0v) is 11.2. The number of hydrogen-bond donors (Lipinski definition) is 2. The van der Waals surface area contributed by atoms with Gasteiger partial charge in [-0.05, 0) is 12.8 Å². The van der Waals surface area contributed by atoms with E-state index < -0.39 is 5.97 Å². The maximum atomic E-state index is 11.9.